The largest absolute Gasteiger partial charge is 0.134 e. The van der Waals surface area contributed by atoms with Gasteiger partial charge in [0.05, 0.1) is 0 Å². The van der Waals surface area contributed by atoms with Gasteiger partial charge in [-0.1, -0.05) is 27.2 Å². The molecule has 1 fully saturated rings. The molecule has 0 nitrogen and oxygen atoms in total. The van der Waals surface area contributed by atoms with Crippen LogP contribution in [0, 0.1) is 17.8 Å². The minimum atomic E-state index is 0.889. The van der Waals surface area contributed by atoms with Gasteiger partial charge in [-0.05, 0) is 29.8 Å². The van der Waals surface area contributed by atoms with Gasteiger partial charge < -0.3 is 0 Å². The Kier molecular flexibility index (Phi) is 2.74. The predicted molar refractivity (Wildman–Crippen MR) is 50.2 cm³/mol. The topological polar surface area (TPSA) is 0 Å². The van der Waals surface area contributed by atoms with Crippen LogP contribution < -0.4 is 0 Å². The predicted octanol–water partition coefficient (Wildman–Crippen LogP) is 2.93. The zero-order chi connectivity index (χ0) is 7.72. The summed E-state index contributed by atoms with van der Waals surface area (Å²) < 4.78 is 0. The first-order chi connectivity index (χ1) is 4.66. The van der Waals surface area contributed by atoms with Crippen molar-refractivity contribution in [3.63, 3.8) is 0 Å². The second-order valence-electron chi connectivity index (χ2n) is 3.79. The average Bonchev–Trinajstić information content (AvgIpc) is 2.17. The molecule has 0 aromatic carbocycles. The second kappa shape index (κ2) is 3.22. The summed E-state index contributed by atoms with van der Waals surface area (Å²) in [5.74, 6) is 2.87. The van der Waals surface area contributed by atoms with Gasteiger partial charge in [0.25, 0.3) is 0 Å². The maximum Gasteiger partial charge on any atom is -0.0233 e. The van der Waals surface area contributed by atoms with Crippen molar-refractivity contribution in [2.24, 2.45) is 17.8 Å². The smallest absolute Gasteiger partial charge is 0.0233 e. The van der Waals surface area contributed by atoms with E-state index >= 15 is 0 Å². The summed E-state index contributed by atoms with van der Waals surface area (Å²) in [6.45, 7) is 7.11. The molecule has 1 rings (SSSR count). The van der Waals surface area contributed by atoms with Crippen LogP contribution in [0.25, 0.3) is 0 Å². The molecule has 0 bridgehead atoms. The van der Waals surface area contributed by atoms with Crippen LogP contribution in [-0.4, -0.2) is 5.66 Å². The van der Waals surface area contributed by atoms with Crippen LogP contribution in [0.2, 0.25) is 0 Å². The lowest BCUT2D eigenvalue weighted by Gasteiger charge is -2.16. The van der Waals surface area contributed by atoms with Crippen molar-refractivity contribution >= 4 is 9.24 Å². The summed E-state index contributed by atoms with van der Waals surface area (Å²) in [6, 6.07) is 0. The SMILES string of the molecule is CCC1CC(P)C(C)C1C. The first-order valence-electron chi connectivity index (χ1n) is 4.42. The van der Waals surface area contributed by atoms with Gasteiger partial charge in [0.1, 0.15) is 0 Å². The molecule has 0 N–H and O–H groups in total. The highest BCUT2D eigenvalue weighted by Gasteiger charge is 2.33. The summed E-state index contributed by atoms with van der Waals surface area (Å²) >= 11 is 0. The van der Waals surface area contributed by atoms with Gasteiger partial charge in [-0.15, -0.1) is 9.24 Å². The number of hydrogen-bond acceptors (Lipinski definition) is 0. The van der Waals surface area contributed by atoms with E-state index in [0.717, 1.165) is 23.4 Å². The van der Waals surface area contributed by atoms with E-state index in [1.807, 2.05) is 0 Å². The molecule has 0 spiro atoms. The zero-order valence-electron chi connectivity index (χ0n) is 7.30. The van der Waals surface area contributed by atoms with Crippen LogP contribution in [0.5, 0.6) is 0 Å². The van der Waals surface area contributed by atoms with Crippen molar-refractivity contribution in [3.05, 3.63) is 0 Å². The molecule has 5 atom stereocenters. The van der Waals surface area contributed by atoms with Gasteiger partial charge in [-0.25, -0.2) is 0 Å². The van der Waals surface area contributed by atoms with Crippen LogP contribution >= 0.6 is 9.24 Å². The van der Waals surface area contributed by atoms with Gasteiger partial charge >= 0.3 is 0 Å². The fraction of sp³-hybridized carbons (Fsp3) is 1.00. The molecule has 0 aliphatic heterocycles. The first kappa shape index (κ1) is 8.53. The van der Waals surface area contributed by atoms with E-state index in [1.54, 1.807) is 0 Å². The van der Waals surface area contributed by atoms with E-state index in [-0.39, 0.29) is 0 Å². The Morgan fingerprint density at radius 3 is 2.10 bits per heavy atom. The molecule has 0 radical (unpaired) electrons. The Hall–Kier alpha value is 0.430. The van der Waals surface area contributed by atoms with Gasteiger partial charge in [0.15, 0.2) is 0 Å². The summed E-state index contributed by atoms with van der Waals surface area (Å²) in [5, 5.41) is 0. The molecule has 1 aliphatic rings. The highest BCUT2D eigenvalue weighted by atomic mass is 31.0. The second-order valence-corrected chi connectivity index (χ2v) is 4.64. The molecule has 5 unspecified atom stereocenters. The third kappa shape index (κ3) is 1.37. The molecular formula is C9H19P. The summed E-state index contributed by atoms with van der Waals surface area (Å²) in [4.78, 5) is 0. The maximum absolute atomic E-state index is 2.99. The van der Waals surface area contributed by atoms with Crippen molar-refractivity contribution in [3.8, 4) is 0 Å². The van der Waals surface area contributed by atoms with Crippen LogP contribution in [0.1, 0.15) is 33.6 Å². The van der Waals surface area contributed by atoms with Crippen molar-refractivity contribution in [1.29, 1.82) is 0 Å². The van der Waals surface area contributed by atoms with E-state index < -0.39 is 0 Å². The Morgan fingerprint density at radius 1 is 1.30 bits per heavy atom. The summed E-state index contributed by atoms with van der Waals surface area (Å²) in [7, 11) is 2.99. The van der Waals surface area contributed by atoms with Crippen LogP contribution in [0.3, 0.4) is 0 Å². The lowest BCUT2D eigenvalue weighted by atomic mass is 9.91. The monoisotopic (exact) mass is 158 g/mol. The molecule has 10 heavy (non-hydrogen) atoms. The Balaban J connectivity index is 2.53. The van der Waals surface area contributed by atoms with Gasteiger partial charge in [-0.3, -0.25) is 0 Å². The quantitative estimate of drug-likeness (QED) is 0.515. The number of hydrogen-bond donors (Lipinski definition) is 0. The average molecular weight is 158 g/mol. The third-order valence-electron chi connectivity index (χ3n) is 3.35. The minimum absolute atomic E-state index is 0.889. The van der Waals surface area contributed by atoms with Crippen LogP contribution in [-0.2, 0) is 0 Å². The van der Waals surface area contributed by atoms with Crippen molar-refractivity contribution in [2.45, 2.75) is 39.3 Å². The molecule has 60 valence electrons. The Labute approximate surface area is 67.0 Å². The third-order valence-corrected chi connectivity index (χ3v) is 4.23. The maximum atomic E-state index is 2.99. The molecule has 1 heteroatoms. The van der Waals surface area contributed by atoms with Crippen molar-refractivity contribution in [2.75, 3.05) is 0 Å². The standard InChI is InChI=1S/C9H19P/c1-4-8-5-9(10)7(3)6(8)2/h6-9H,4-5,10H2,1-3H3. The van der Waals surface area contributed by atoms with Gasteiger partial charge in [-0.2, -0.15) is 0 Å². The van der Waals surface area contributed by atoms with Crippen molar-refractivity contribution in [1.82, 2.24) is 0 Å². The molecule has 0 aromatic heterocycles. The Bertz CT molecular complexity index is 111. The van der Waals surface area contributed by atoms with Gasteiger partial charge in [0, 0.05) is 0 Å². The molecule has 0 saturated heterocycles. The molecule has 1 aliphatic carbocycles. The highest BCUT2D eigenvalue weighted by molar-refractivity contribution is 7.17. The van der Waals surface area contributed by atoms with E-state index in [2.05, 4.69) is 30.0 Å². The number of rotatable bonds is 1. The molecular weight excluding hydrogens is 139 g/mol. The molecule has 1 saturated carbocycles. The lowest BCUT2D eigenvalue weighted by molar-refractivity contribution is 0.350. The summed E-state index contributed by atoms with van der Waals surface area (Å²) in [6.07, 6.45) is 2.81. The first-order valence-corrected chi connectivity index (χ1v) is 5.09. The molecule has 0 amide bonds. The molecule has 0 aromatic rings. The Morgan fingerprint density at radius 2 is 1.90 bits per heavy atom. The van der Waals surface area contributed by atoms with Gasteiger partial charge in [0.2, 0.25) is 0 Å². The fourth-order valence-corrected chi connectivity index (χ4v) is 2.84. The minimum Gasteiger partial charge on any atom is -0.134 e. The van der Waals surface area contributed by atoms with Crippen LogP contribution in [0.4, 0.5) is 0 Å². The fourth-order valence-electron chi connectivity index (χ4n) is 2.14. The lowest BCUT2D eigenvalue weighted by Crippen LogP contribution is -2.09. The summed E-state index contributed by atoms with van der Waals surface area (Å²) in [5.41, 5.74) is 0.889. The highest BCUT2D eigenvalue weighted by Crippen LogP contribution is 2.42. The van der Waals surface area contributed by atoms with E-state index in [4.69, 9.17) is 0 Å². The van der Waals surface area contributed by atoms with Crippen molar-refractivity contribution < 1.29 is 0 Å². The molecule has 0 heterocycles. The zero-order valence-corrected chi connectivity index (χ0v) is 8.46. The van der Waals surface area contributed by atoms with Crippen LogP contribution in [0.15, 0.2) is 0 Å². The van der Waals surface area contributed by atoms with E-state index in [0.29, 0.717) is 0 Å². The van der Waals surface area contributed by atoms with E-state index in [1.165, 1.54) is 12.8 Å². The normalized spacial score (nSPS) is 48.0. The van der Waals surface area contributed by atoms with E-state index in [9.17, 15) is 0 Å².